The highest BCUT2D eigenvalue weighted by atomic mass is 35.5. The summed E-state index contributed by atoms with van der Waals surface area (Å²) >= 11 is 5.92. The Balaban J connectivity index is 1.93. The summed E-state index contributed by atoms with van der Waals surface area (Å²) in [5.74, 6) is 1.62. The van der Waals surface area contributed by atoms with Crippen LogP contribution >= 0.6 is 11.6 Å². The predicted octanol–water partition coefficient (Wildman–Crippen LogP) is 5.13. The van der Waals surface area contributed by atoms with Gasteiger partial charge in [-0.3, -0.25) is 4.90 Å². The number of hydrogen-bond acceptors (Lipinski definition) is 3. The largest absolute Gasteiger partial charge is 0.443 e. The maximum Gasteiger partial charge on any atom is 0.416 e. The standard InChI is InChI=1S/C19H23ClN2O2/c1-19(2,3)24-18(23)22(12-13-4-5-13)17-9-8-15-7-6-14(11-20)10-16(15)21-17/h6-10,13H,4-5,11-12H2,1-3H3. The van der Waals surface area contributed by atoms with Gasteiger partial charge in [-0.2, -0.15) is 0 Å². The first-order chi connectivity index (χ1) is 11.4. The van der Waals surface area contributed by atoms with Crippen LogP contribution in [0.5, 0.6) is 0 Å². The van der Waals surface area contributed by atoms with Crippen molar-refractivity contribution in [2.75, 3.05) is 11.4 Å². The van der Waals surface area contributed by atoms with Crippen LogP contribution in [0.3, 0.4) is 0 Å². The summed E-state index contributed by atoms with van der Waals surface area (Å²) in [5.41, 5.74) is 1.33. The summed E-state index contributed by atoms with van der Waals surface area (Å²) in [6.07, 6.45) is 1.97. The van der Waals surface area contributed by atoms with Crippen molar-refractivity contribution in [3.8, 4) is 0 Å². The van der Waals surface area contributed by atoms with Crippen LogP contribution in [-0.2, 0) is 10.6 Å². The lowest BCUT2D eigenvalue weighted by Crippen LogP contribution is -2.38. The maximum absolute atomic E-state index is 12.6. The SMILES string of the molecule is CC(C)(C)OC(=O)N(CC1CC1)c1ccc2ccc(CCl)cc2n1. The lowest BCUT2D eigenvalue weighted by atomic mass is 10.1. The molecule has 1 heterocycles. The molecule has 5 heteroatoms. The molecule has 0 bridgehead atoms. The Morgan fingerprint density at radius 1 is 1.29 bits per heavy atom. The van der Waals surface area contributed by atoms with Gasteiger partial charge in [0.1, 0.15) is 11.4 Å². The summed E-state index contributed by atoms with van der Waals surface area (Å²) in [5, 5.41) is 1.03. The van der Waals surface area contributed by atoms with Gasteiger partial charge in [0.2, 0.25) is 0 Å². The van der Waals surface area contributed by atoms with Crippen LogP contribution in [0.2, 0.25) is 0 Å². The van der Waals surface area contributed by atoms with Crippen molar-refractivity contribution < 1.29 is 9.53 Å². The molecule has 24 heavy (non-hydrogen) atoms. The Hall–Kier alpha value is -1.81. The summed E-state index contributed by atoms with van der Waals surface area (Å²) in [6, 6.07) is 9.83. The van der Waals surface area contributed by atoms with E-state index >= 15 is 0 Å². The fraction of sp³-hybridized carbons (Fsp3) is 0.474. The van der Waals surface area contributed by atoms with Gasteiger partial charge in [-0.15, -0.1) is 11.6 Å². The molecule has 1 saturated carbocycles. The second kappa shape index (κ2) is 6.60. The number of anilines is 1. The van der Waals surface area contributed by atoms with Gasteiger partial charge >= 0.3 is 6.09 Å². The summed E-state index contributed by atoms with van der Waals surface area (Å²) in [4.78, 5) is 19.0. The number of hydrogen-bond donors (Lipinski definition) is 0. The van der Waals surface area contributed by atoms with Crippen LogP contribution in [0, 0.1) is 5.92 Å². The Morgan fingerprint density at radius 3 is 2.62 bits per heavy atom. The zero-order valence-corrected chi connectivity index (χ0v) is 15.1. The molecule has 1 aromatic carbocycles. The Bertz CT molecular complexity index is 751. The summed E-state index contributed by atoms with van der Waals surface area (Å²) < 4.78 is 5.57. The number of carbonyl (C=O) groups excluding carboxylic acids is 1. The molecule has 1 aromatic heterocycles. The number of amides is 1. The summed E-state index contributed by atoms with van der Waals surface area (Å²) in [7, 11) is 0. The summed E-state index contributed by atoms with van der Waals surface area (Å²) in [6.45, 7) is 6.28. The van der Waals surface area contributed by atoms with E-state index in [1.54, 1.807) is 4.90 Å². The first-order valence-electron chi connectivity index (χ1n) is 8.32. The van der Waals surface area contributed by atoms with E-state index in [9.17, 15) is 4.79 Å². The highest BCUT2D eigenvalue weighted by Gasteiger charge is 2.31. The molecule has 0 unspecified atom stereocenters. The zero-order chi connectivity index (χ0) is 17.3. The lowest BCUT2D eigenvalue weighted by Gasteiger charge is -2.27. The third-order valence-electron chi connectivity index (χ3n) is 3.92. The van der Waals surface area contributed by atoms with Gasteiger partial charge in [-0.05, 0) is 63.3 Å². The molecule has 4 nitrogen and oxygen atoms in total. The fourth-order valence-corrected chi connectivity index (χ4v) is 2.69. The highest BCUT2D eigenvalue weighted by molar-refractivity contribution is 6.17. The average molecular weight is 347 g/mol. The molecule has 2 aromatic rings. The predicted molar refractivity (Wildman–Crippen MR) is 97.6 cm³/mol. The quantitative estimate of drug-likeness (QED) is 0.721. The molecular weight excluding hydrogens is 324 g/mol. The fourth-order valence-electron chi connectivity index (χ4n) is 2.52. The number of fused-ring (bicyclic) bond motifs is 1. The third kappa shape index (κ3) is 4.18. The van der Waals surface area contributed by atoms with Gasteiger partial charge in [-0.1, -0.05) is 12.1 Å². The second-order valence-corrected chi connectivity index (χ2v) is 7.63. The van der Waals surface area contributed by atoms with E-state index in [1.165, 1.54) is 0 Å². The molecule has 1 amide bonds. The van der Waals surface area contributed by atoms with Crippen LogP contribution in [0.4, 0.5) is 10.6 Å². The van der Waals surface area contributed by atoms with E-state index in [0.717, 1.165) is 29.3 Å². The van der Waals surface area contributed by atoms with Crippen molar-refractivity contribution in [1.29, 1.82) is 0 Å². The van der Waals surface area contributed by atoms with Crippen LogP contribution < -0.4 is 4.90 Å². The van der Waals surface area contributed by atoms with E-state index in [4.69, 9.17) is 16.3 Å². The van der Waals surface area contributed by atoms with E-state index in [2.05, 4.69) is 4.98 Å². The van der Waals surface area contributed by atoms with Crippen LogP contribution in [0.1, 0.15) is 39.2 Å². The third-order valence-corrected chi connectivity index (χ3v) is 4.23. The normalized spacial score (nSPS) is 14.7. The zero-order valence-electron chi connectivity index (χ0n) is 14.4. The number of rotatable bonds is 4. The number of alkyl halides is 1. The van der Waals surface area contributed by atoms with E-state index < -0.39 is 5.60 Å². The van der Waals surface area contributed by atoms with Gasteiger partial charge in [0.05, 0.1) is 5.52 Å². The van der Waals surface area contributed by atoms with Crippen molar-refractivity contribution >= 4 is 34.4 Å². The topological polar surface area (TPSA) is 42.4 Å². The minimum Gasteiger partial charge on any atom is -0.443 e. The number of pyridine rings is 1. The number of carbonyl (C=O) groups is 1. The van der Waals surface area contributed by atoms with Gasteiger partial charge < -0.3 is 4.74 Å². The van der Waals surface area contributed by atoms with E-state index in [-0.39, 0.29) is 6.09 Å². The molecule has 3 rings (SSSR count). The Kier molecular flexibility index (Phi) is 4.68. The number of benzene rings is 1. The van der Waals surface area contributed by atoms with Gasteiger partial charge in [0.25, 0.3) is 0 Å². The van der Waals surface area contributed by atoms with Gasteiger partial charge in [-0.25, -0.2) is 9.78 Å². The molecule has 0 spiro atoms. The number of nitrogens with zero attached hydrogens (tertiary/aromatic N) is 2. The van der Waals surface area contributed by atoms with Crippen LogP contribution in [-0.4, -0.2) is 23.2 Å². The monoisotopic (exact) mass is 346 g/mol. The second-order valence-electron chi connectivity index (χ2n) is 7.36. The van der Waals surface area contributed by atoms with Crippen molar-refractivity contribution in [1.82, 2.24) is 4.98 Å². The molecular formula is C19H23ClN2O2. The number of aromatic nitrogens is 1. The average Bonchev–Trinajstić information content (AvgIpc) is 3.34. The molecule has 1 fully saturated rings. The molecule has 0 atom stereocenters. The van der Waals surface area contributed by atoms with Crippen molar-refractivity contribution in [2.45, 2.75) is 45.1 Å². The van der Waals surface area contributed by atoms with Crippen LogP contribution in [0.25, 0.3) is 10.9 Å². The number of halogens is 1. The Labute approximate surface area is 147 Å². The van der Waals surface area contributed by atoms with Gasteiger partial charge in [0, 0.05) is 17.8 Å². The van der Waals surface area contributed by atoms with Crippen molar-refractivity contribution in [2.24, 2.45) is 5.92 Å². The molecule has 128 valence electrons. The Morgan fingerprint density at radius 2 is 2.00 bits per heavy atom. The van der Waals surface area contributed by atoms with Crippen LogP contribution in [0.15, 0.2) is 30.3 Å². The first kappa shape index (κ1) is 17.0. The van der Waals surface area contributed by atoms with Crippen molar-refractivity contribution in [3.05, 3.63) is 35.9 Å². The molecule has 0 N–H and O–H groups in total. The van der Waals surface area contributed by atoms with Crippen molar-refractivity contribution in [3.63, 3.8) is 0 Å². The first-order valence-corrected chi connectivity index (χ1v) is 8.85. The molecule has 0 aliphatic heterocycles. The minimum atomic E-state index is -0.526. The highest BCUT2D eigenvalue weighted by Crippen LogP contribution is 2.32. The lowest BCUT2D eigenvalue weighted by molar-refractivity contribution is 0.0577. The molecule has 1 aliphatic carbocycles. The van der Waals surface area contributed by atoms with E-state index in [1.807, 2.05) is 51.1 Å². The molecule has 1 aliphatic rings. The molecule has 0 radical (unpaired) electrons. The molecule has 0 saturated heterocycles. The van der Waals surface area contributed by atoms with Gasteiger partial charge in [0.15, 0.2) is 0 Å². The smallest absolute Gasteiger partial charge is 0.416 e. The number of ether oxygens (including phenoxy) is 1. The maximum atomic E-state index is 12.6. The van der Waals surface area contributed by atoms with E-state index in [0.29, 0.717) is 24.2 Å². The minimum absolute atomic E-state index is 0.338.